The average Bonchev–Trinajstić information content (AvgIpc) is 2.02. The summed E-state index contributed by atoms with van der Waals surface area (Å²) in [7, 11) is 0. The van der Waals surface area contributed by atoms with Crippen molar-refractivity contribution in [2.24, 2.45) is 0 Å². The van der Waals surface area contributed by atoms with E-state index >= 15 is 0 Å². The van der Waals surface area contributed by atoms with Crippen molar-refractivity contribution in [3.63, 3.8) is 0 Å². The van der Waals surface area contributed by atoms with Crippen molar-refractivity contribution >= 4 is 0 Å². The standard InChI is InChI=1S/C12H21NO/c1-10-6-8-13(9-7-10)11(2)14-12(3,4)5/h1-2,6-9H2,3-5H3. The van der Waals surface area contributed by atoms with Crippen LogP contribution in [-0.2, 0) is 4.74 Å². The first-order valence-electron chi connectivity index (χ1n) is 5.18. The smallest absolute Gasteiger partial charge is 0.182 e. The molecule has 0 spiro atoms. The molecular weight excluding hydrogens is 174 g/mol. The Morgan fingerprint density at radius 2 is 1.79 bits per heavy atom. The van der Waals surface area contributed by atoms with Gasteiger partial charge in [0.2, 0.25) is 0 Å². The van der Waals surface area contributed by atoms with Gasteiger partial charge in [-0.1, -0.05) is 12.2 Å². The molecule has 2 heteroatoms. The molecule has 0 aromatic rings. The molecule has 0 bridgehead atoms. The van der Waals surface area contributed by atoms with E-state index in [2.05, 4.69) is 18.1 Å². The van der Waals surface area contributed by atoms with Crippen LogP contribution in [0, 0.1) is 0 Å². The highest BCUT2D eigenvalue weighted by molar-refractivity contribution is 5.02. The van der Waals surface area contributed by atoms with E-state index in [0.717, 1.165) is 31.8 Å². The maximum atomic E-state index is 5.71. The fourth-order valence-corrected chi connectivity index (χ4v) is 1.49. The average molecular weight is 195 g/mol. The fraction of sp³-hybridized carbons (Fsp3) is 0.667. The summed E-state index contributed by atoms with van der Waals surface area (Å²) in [4.78, 5) is 2.19. The molecule has 0 saturated carbocycles. The summed E-state index contributed by atoms with van der Waals surface area (Å²) in [5.41, 5.74) is 1.19. The van der Waals surface area contributed by atoms with Gasteiger partial charge in [-0.05, 0) is 40.2 Å². The van der Waals surface area contributed by atoms with Crippen LogP contribution in [0.1, 0.15) is 33.6 Å². The van der Waals surface area contributed by atoms with E-state index in [0.29, 0.717) is 0 Å². The van der Waals surface area contributed by atoms with Gasteiger partial charge in [0.05, 0.1) is 0 Å². The third kappa shape index (κ3) is 3.44. The van der Waals surface area contributed by atoms with Gasteiger partial charge in [0.25, 0.3) is 0 Å². The number of rotatable bonds is 2. The third-order valence-electron chi connectivity index (χ3n) is 2.25. The van der Waals surface area contributed by atoms with E-state index in [1.165, 1.54) is 5.57 Å². The van der Waals surface area contributed by atoms with Gasteiger partial charge in [-0.15, -0.1) is 0 Å². The van der Waals surface area contributed by atoms with E-state index < -0.39 is 0 Å². The molecule has 1 fully saturated rings. The lowest BCUT2D eigenvalue weighted by atomic mass is 10.1. The van der Waals surface area contributed by atoms with E-state index in [1.807, 2.05) is 20.8 Å². The quantitative estimate of drug-likeness (QED) is 0.496. The van der Waals surface area contributed by atoms with Gasteiger partial charge in [-0.3, -0.25) is 0 Å². The van der Waals surface area contributed by atoms with Gasteiger partial charge < -0.3 is 9.64 Å². The summed E-state index contributed by atoms with van der Waals surface area (Å²) in [5.74, 6) is 0.796. The predicted molar refractivity (Wildman–Crippen MR) is 59.9 cm³/mol. The Morgan fingerprint density at radius 3 is 2.21 bits per heavy atom. The molecule has 0 unspecified atom stereocenters. The molecule has 0 aromatic carbocycles. The van der Waals surface area contributed by atoms with Crippen molar-refractivity contribution in [3.8, 4) is 0 Å². The van der Waals surface area contributed by atoms with Crippen LogP contribution in [0.4, 0.5) is 0 Å². The second kappa shape index (κ2) is 4.07. The highest BCUT2D eigenvalue weighted by atomic mass is 16.5. The Bertz CT molecular complexity index is 227. The van der Waals surface area contributed by atoms with Gasteiger partial charge in [-0.25, -0.2) is 0 Å². The maximum Gasteiger partial charge on any atom is 0.182 e. The molecule has 1 aliphatic rings. The van der Waals surface area contributed by atoms with Crippen molar-refractivity contribution in [3.05, 3.63) is 24.6 Å². The Morgan fingerprint density at radius 1 is 1.29 bits per heavy atom. The first-order chi connectivity index (χ1) is 6.38. The minimum absolute atomic E-state index is 0.147. The van der Waals surface area contributed by atoms with E-state index in [9.17, 15) is 0 Å². The second-order valence-corrected chi connectivity index (χ2v) is 4.85. The Labute approximate surface area is 87.2 Å². The lowest BCUT2D eigenvalue weighted by molar-refractivity contribution is 0.00109. The summed E-state index contributed by atoms with van der Waals surface area (Å²) >= 11 is 0. The van der Waals surface area contributed by atoms with Gasteiger partial charge >= 0.3 is 0 Å². The van der Waals surface area contributed by atoms with E-state index in [1.54, 1.807) is 0 Å². The van der Waals surface area contributed by atoms with Crippen molar-refractivity contribution in [1.29, 1.82) is 0 Å². The van der Waals surface area contributed by atoms with E-state index in [-0.39, 0.29) is 5.60 Å². The number of nitrogens with zero attached hydrogens (tertiary/aromatic N) is 1. The predicted octanol–water partition coefficient (Wildman–Crippen LogP) is 2.92. The van der Waals surface area contributed by atoms with Crippen LogP contribution in [-0.4, -0.2) is 23.6 Å². The van der Waals surface area contributed by atoms with Gasteiger partial charge in [0.1, 0.15) is 5.60 Å². The number of hydrogen-bond donors (Lipinski definition) is 0. The maximum absolute atomic E-state index is 5.71. The molecule has 80 valence electrons. The molecule has 2 nitrogen and oxygen atoms in total. The highest BCUT2D eigenvalue weighted by Crippen LogP contribution is 2.21. The second-order valence-electron chi connectivity index (χ2n) is 4.85. The first-order valence-corrected chi connectivity index (χ1v) is 5.18. The van der Waals surface area contributed by atoms with Crippen molar-refractivity contribution < 1.29 is 4.74 Å². The summed E-state index contributed by atoms with van der Waals surface area (Å²) in [6.45, 7) is 16.1. The largest absolute Gasteiger partial charge is 0.474 e. The molecule has 0 N–H and O–H groups in total. The molecule has 1 rings (SSSR count). The van der Waals surface area contributed by atoms with Gasteiger partial charge in [0, 0.05) is 13.1 Å². The molecule has 1 aliphatic heterocycles. The van der Waals surface area contributed by atoms with Crippen molar-refractivity contribution in [2.75, 3.05) is 13.1 Å². The SMILES string of the molecule is C=C1CCN(C(=C)OC(C)(C)C)CC1. The molecule has 14 heavy (non-hydrogen) atoms. The number of likely N-dealkylation sites (tertiary alicyclic amines) is 1. The molecule has 0 amide bonds. The zero-order valence-electron chi connectivity index (χ0n) is 9.60. The van der Waals surface area contributed by atoms with Crippen LogP contribution >= 0.6 is 0 Å². The van der Waals surface area contributed by atoms with Crippen LogP contribution in [0.5, 0.6) is 0 Å². The number of hydrogen-bond acceptors (Lipinski definition) is 2. The Balaban J connectivity index is 2.42. The first kappa shape index (κ1) is 11.2. The van der Waals surface area contributed by atoms with Crippen molar-refractivity contribution in [1.82, 2.24) is 4.90 Å². The van der Waals surface area contributed by atoms with Crippen LogP contribution in [0.25, 0.3) is 0 Å². The Kier molecular flexibility index (Phi) is 3.25. The number of ether oxygens (including phenoxy) is 1. The lowest BCUT2D eigenvalue weighted by Crippen LogP contribution is -2.33. The van der Waals surface area contributed by atoms with Crippen LogP contribution in [0.3, 0.4) is 0 Å². The van der Waals surface area contributed by atoms with Crippen LogP contribution < -0.4 is 0 Å². The molecule has 0 radical (unpaired) electrons. The van der Waals surface area contributed by atoms with Crippen LogP contribution in [0.2, 0.25) is 0 Å². The molecular formula is C12H21NO. The summed E-state index contributed by atoms with van der Waals surface area (Å²) < 4.78 is 5.71. The monoisotopic (exact) mass is 195 g/mol. The summed E-state index contributed by atoms with van der Waals surface area (Å²) in [6.07, 6.45) is 2.12. The topological polar surface area (TPSA) is 12.5 Å². The highest BCUT2D eigenvalue weighted by Gasteiger charge is 2.19. The lowest BCUT2D eigenvalue weighted by Gasteiger charge is -2.34. The van der Waals surface area contributed by atoms with Crippen LogP contribution in [0.15, 0.2) is 24.6 Å². The fourth-order valence-electron chi connectivity index (χ4n) is 1.49. The zero-order valence-corrected chi connectivity index (χ0v) is 9.60. The van der Waals surface area contributed by atoms with Gasteiger partial charge in [0.15, 0.2) is 5.88 Å². The third-order valence-corrected chi connectivity index (χ3v) is 2.25. The Hall–Kier alpha value is -0.920. The molecule has 1 saturated heterocycles. The molecule has 0 aliphatic carbocycles. The van der Waals surface area contributed by atoms with E-state index in [4.69, 9.17) is 4.74 Å². The van der Waals surface area contributed by atoms with Crippen molar-refractivity contribution in [2.45, 2.75) is 39.2 Å². The molecule has 0 atom stereocenters. The summed E-state index contributed by atoms with van der Waals surface area (Å²) in [5, 5.41) is 0. The summed E-state index contributed by atoms with van der Waals surface area (Å²) in [6, 6.07) is 0. The minimum Gasteiger partial charge on any atom is -0.474 e. The number of piperidine rings is 1. The minimum atomic E-state index is -0.147. The normalized spacial score (nSPS) is 18.2. The zero-order chi connectivity index (χ0) is 10.8. The van der Waals surface area contributed by atoms with Gasteiger partial charge in [-0.2, -0.15) is 0 Å². The molecule has 0 aromatic heterocycles. The molecule has 1 heterocycles.